The fraction of sp³-hybridized carbons (Fsp3) is 1.00. The monoisotopic (exact) mass is 234 g/mol. The Morgan fingerprint density at radius 2 is 0.765 bits per heavy atom. The van der Waals surface area contributed by atoms with E-state index in [1.54, 1.807) is 56.3 Å². The molecular formula is C16H28N+. The zero-order valence-electron chi connectivity index (χ0n) is 11.2. The molecule has 4 rings (SSSR count). The molecule has 2 saturated heterocycles. The summed E-state index contributed by atoms with van der Waals surface area (Å²) in [6, 6.07) is 0. The van der Waals surface area contributed by atoms with E-state index in [-0.39, 0.29) is 0 Å². The van der Waals surface area contributed by atoms with Crippen molar-refractivity contribution in [2.45, 2.75) is 51.4 Å². The van der Waals surface area contributed by atoms with Gasteiger partial charge < -0.3 is 4.48 Å². The molecule has 0 aromatic rings. The van der Waals surface area contributed by atoms with Crippen molar-refractivity contribution in [3.63, 3.8) is 0 Å². The molecule has 0 aromatic heterocycles. The van der Waals surface area contributed by atoms with Crippen LogP contribution in [0.15, 0.2) is 0 Å². The minimum atomic E-state index is 1.13. The Labute approximate surface area is 106 Å². The van der Waals surface area contributed by atoms with Crippen LogP contribution < -0.4 is 0 Å². The Bertz CT molecular complexity index is 236. The summed E-state index contributed by atoms with van der Waals surface area (Å²) in [6.45, 7) is 6.32. The third-order valence-electron chi connectivity index (χ3n) is 6.62. The molecule has 0 radical (unpaired) electrons. The Morgan fingerprint density at radius 3 is 1.06 bits per heavy atom. The van der Waals surface area contributed by atoms with Crippen molar-refractivity contribution in [3.05, 3.63) is 0 Å². The van der Waals surface area contributed by atoms with Crippen LogP contribution in [0.3, 0.4) is 0 Å². The van der Waals surface area contributed by atoms with Gasteiger partial charge in [0.05, 0.1) is 26.2 Å². The van der Waals surface area contributed by atoms with E-state index < -0.39 is 0 Å². The maximum Gasteiger partial charge on any atom is 0.0820 e. The van der Waals surface area contributed by atoms with E-state index >= 15 is 0 Å². The second-order valence-electron chi connectivity index (χ2n) is 7.68. The second kappa shape index (κ2) is 3.98. The average Bonchev–Trinajstić information content (AvgIpc) is 2.87. The maximum absolute atomic E-state index is 1.58. The van der Waals surface area contributed by atoms with E-state index in [1.165, 1.54) is 25.7 Å². The Morgan fingerprint density at radius 1 is 0.471 bits per heavy atom. The quantitative estimate of drug-likeness (QED) is 0.563. The summed E-state index contributed by atoms with van der Waals surface area (Å²) in [5.41, 5.74) is 0. The predicted molar refractivity (Wildman–Crippen MR) is 70.6 cm³/mol. The zero-order valence-corrected chi connectivity index (χ0v) is 11.2. The van der Waals surface area contributed by atoms with Crippen molar-refractivity contribution >= 4 is 0 Å². The van der Waals surface area contributed by atoms with Gasteiger partial charge >= 0.3 is 0 Å². The molecule has 0 aromatic carbocycles. The van der Waals surface area contributed by atoms with Crippen molar-refractivity contribution in [1.29, 1.82) is 0 Å². The largest absolute Gasteiger partial charge is 0.323 e. The highest BCUT2D eigenvalue weighted by atomic mass is 15.4. The van der Waals surface area contributed by atoms with E-state index in [4.69, 9.17) is 0 Å². The molecule has 4 unspecified atom stereocenters. The predicted octanol–water partition coefficient (Wildman–Crippen LogP) is 3.44. The van der Waals surface area contributed by atoms with Gasteiger partial charge in [-0.1, -0.05) is 25.7 Å². The smallest absolute Gasteiger partial charge is 0.0820 e. The Kier molecular flexibility index (Phi) is 2.54. The average molecular weight is 234 g/mol. The molecule has 17 heavy (non-hydrogen) atoms. The molecule has 2 saturated carbocycles. The van der Waals surface area contributed by atoms with Crippen molar-refractivity contribution in [2.75, 3.05) is 26.2 Å². The lowest BCUT2D eigenvalue weighted by Crippen LogP contribution is -2.44. The van der Waals surface area contributed by atoms with Crippen LogP contribution in [0.25, 0.3) is 0 Å². The minimum Gasteiger partial charge on any atom is -0.323 e. The lowest BCUT2D eigenvalue weighted by molar-refractivity contribution is -0.910. The number of quaternary nitrogens is 1. The van der Waals surface area contributed by atoms with Crippen LogP contribution in [0.4, 0.5) is 0 Å². The normalized spacial score (nSPS) is 53.6. The maximum atomic E-state index is 1.58. The van der Waals surface area contributed by atoms with Crippen molar-refractivity contribution in [3.8, 4) is 0 Å². The molecule has 4 aliphatic rings. The van der Waals surface area contributed by atoms with Gasteiger partial charge in [0.15, 0.2) is 0 Å². The molecule has 4 fully saturated rings. The highest BCUT2D eigenvalue weighted by Gasteiger charge is 2.53. The van der Waals surface area contributed by atoms with Crippen LogP contribution in [-0.2, 0) is 0 Å². The summed E-state index contributed by atoms with van der Waals surface area (Å²) >= 11 is 0. The van der Waals surface area contributed by atoms with Gasteiger partial charge in [0.2, 0.25) is 0 Å². The van der Waals surface area contributed by atoms with Gasteiger partial charge in [-0.05, 0) is 25.7 Å². The van der Waals surface area contributed by atoms with Crippen molar-refractivity contribution in [1.82, 2.24) is 0 Å². The summed E-state index contributed by atoms with van der Waals surface area (Å²) in [7, 11) is 0. The fourth-order valence-electron chi connectivity index (χ4n) is 5.97. The summed E-state index contributed by atoms with van der Waals surface area (Å²) in [6.07, 6.45) is 12.4. The molecule has 1 nitrogen and oxygen atoms in total. The molecule has 96 valence electrons. The second-order valence-corrected chi connectivity index (χ2v) is 7.68. The van der Waals surface area contributed by atoms with E-state index in [0.717, 1.165) is 23.7 Å². The van der Waals surface area contributed by atoms with Crippen LogP contribution >= 0.6 is 0 Å². The standard InChI is InChI=1S/C16H28N/c1-2-6-14-10-17(9-13(14)5-1)11-15-7-3-4-8-16(15)12-17/h13-16H,1-12H2/q+1. The van der Waals surface area contributed by atoms with Crippen molar-refractivity contribution in [2.24, 2.45) is 23.7 Å². The first-order valence-electron chi connectivity index (χ1n) is 8.20. The lowest BCUT2D eigenvalue weighted by atomic mass is 9.82. The van der Waals surface area contributed by atoms with Gasteiger partial charge in [0.1, 0.15) is 0 Å². The van der Waals surface area contributed by atoms with Crippen molar-refractivity contribution < 1.29 is 4.48 Å². The van der Waals surface area contributed by atoms with Gasteiger partial charge in [-0.15, -0.1) is 0 Å². The molecule has 4 atom stereocenters. The molecular weight excluding hydrogens is 206 g/mol. The molecule has 2 aliphatic heterocycles. The fourth-order valence-corrected chi connectivity index (χ4v) is 5.97. The van der Waals surface area contributed by atoms with E-state index in [2.05, 4.69) is 0 Å². The summed E-state index contributed by atoms with van der Waals surface area (Å²) < 4.78 is 1.57. The van der Waals surface area contributed by atoms with Gasteiger partial charge in [0.25, 0.3) is 0 Å². The number of hydrogen-bond acceptors (Lipinski definition) is 0. The van der Waals surface area contributed by atoms with E-state index in [9.17, 15) is 0 Å². The van der Waals surface area contributed by atoms with Crippen LogP contribution in [0, 0.1) is 23.7 Å². The minimum absolute atomic E-state index is 1.13. The third-order valence-corrected chi connectivity index (χ3v) is 6.62. The molecule has 2 aliphatic carbocycles. The molecule has 0 N–H and O–H groups in total. The van der Waals surface area contributed by atoms with Gasteiger partial charge in [-0.3, -0.25) is 0 Å². The first kappa shape index (κ1) is 10.8. The van der Waals surface area contributed by atoms with E-state index in [0.29, 0.717) is 0 Å². The van der Waals surface area contributed by atoms with Crippen LogP contribution in [0.5, 0.6) is 0 Å². The number of nitrogens with zero attached hydrogens (tertiary/aromatic N) is 1. The highest BCUT2D eigenvalue weighted by Crippen LogP contribution is 2.47. The summed E-state index contributed by atoms with van der Waals surface area (Å²) in [5.74, 6) is 4.51. The lowest BCUT2D eigenvalue weighted by Gasteiger charge is -2.30. The Hall–Kier alpha value is -0.0400. The van der Waals surface area contributed by atoms with Crippen LogP contribution in [0.1, 0.15) is 51.4 Å². The summed E-state index contributed by atoms with van der Waals surface area (Å²) in [4.78, 5) is 0. The SMILES string of the molecule is C1CCC2C[N+]3(CC2C1)CC1CCCCC1C3. The van der Waals surface area contributed by atoms with Crippen LogP contribution in [0.2, 0.25) is 0 Å². The summed E-state index contributed by atoms with van der Waals surface area (Å²) in [5, 5.41) is 0. The first-order valence-corrected chi connectivity index (χ1v) is 8.20. The topological polar surface area (TPSA) is 0 Å². The molecule has 1 heteroatoms. The molecule has 0 amide bonds. The number of fused-ring (bicyclic) bond motifs is 2. The van der Waals surface area contributed by atoms with Crippen LogP contribution in [-0.4, -0.2) is 30.7 Å². The van der Waals surface area contributed by atoms with Gasteiger partial charge in [-0.25, -0.2) is 0 Å². The van der Waals surface area contributed by atoms with Gasteiger partial charge in [-0.2, -0.15) is 0 Å². The Balaban J connectivity index is 1.51. The zero-order chi connectivity index (χ0) is 11.3. The van der Waals surface area contributed by atoms with E-state index in [1.807, 2.05) is 0 Å². The first-order chi connectivity index (χ1) is 8.35. The van der Waals surface area contributed by atoms with Gasteiger partial charge in [0, 0.05) is 23.7 Å². The number of hydrogen-bond donors (Lipinski definition) is 0. The molecule has 2 heterocycles. The third kappa shape index (κ3) is 1.77. The molecule has 1 spiro atoms. The highest BCUT2D eigenvalue weighted by molar-refractivity contribution is 4.87. The molecule has 0 bridgehead atoms. The number of rotatable bonds is 0.